The molecular weight excluding hydrogens is 258 g/mol. The van der Waals surface area contributed by atoms with E-state index in [1.54, 1.807) is 22.8 Å². The molecule has 20 heavy (non-hydrogen) atoms. The third-order valence-corrected chi connectivity index (χ3v) is 3.97. The largest absolute Gasteiger partial charge is 0.465 e. The average Bonchev–Trinajstić information content (AvgIpc) is 2.82. The standard InChI is InChI=1S/C15H17NO4/c1-19-14(17)10-7-8-12-13(9-10)20-15(18)16(12)11-5-3-2-4-6-11/h7-9,11H,2-6H2,1H3. The van der Waals surface area contributed by atoms with Crippen molar-refractivity contribution >= 4 is 17.1 Å². The summed E-state index contributed by atoms with van der Waals surface area (Å²) in [5.74, 6) is -0.770. The van der Waals surface area contributed by atoms with Crippen LogP contribution < -0.4 is 5.76 Å². The van der Waals surface area contributed by atoms with Gasteiger partial charge in [0.2, 0.25) is 0 Å². The summed E-state index contributed by atoms with van der Waals surface area (Å²) in [7, 11) is 1.33. The van der Waals surface area contributed by atoms with Crippen LogP contribution in [0.3, 0.4) is 0 Å². The molecule has 0 saturated heterocycles. The van der Waals surface area contributed by atoms with Gasteiger partial charge in [-0.2, -0.15) is 0 Å². The second-order valence-corrected chi connectivity index (χ2v) is 5.20. The number of fused-ring (bicyclic) bond motifs is 1. The first kappa shape index (κ1) is 13.0. The summed E-state index contributed by atoms with van der Waals surface area (Å²) in [6, 6.07) is 5.22. The fraction of sp³-hybridized carbons (Fsp3) is 0.467. The topological polar surface area (TPSA) is 61.4 Å². The van der Waals surface area contributed by atoms with E-state index in [2.05, 4.69) is 4.74 Å². The van der Waals surface area contributed by atoms with Crippen molar-refractivity contribution in [3.63, 3.8) is 0 Å². The summed E-state index contributed by atoms with van der Waals surface area (Å²) in [6.07, 6.45) is 5.53. The van der Waals surface area contributed by atoms with Crippen molar-refractivity contribution in [3.8, 4) is 0 Å². The molecule has 0 atom stereocenters. The minimum Gasteiger partial charge on any atom is -0.465 e. The zero-order valence-electron chi connectivity index (χ0n) is 11.4. The van der Waals surface area contributed by atoms with E-state index in [4.69, 9.17) is 4.42 Å². The molecule has 1 aromatic heterocycles. The van der Waals surface area contributed by atoms with Gasteiger partial charge in [-0.25, -0.2) is 9.59 Å². The smallest absolute Gasteiger partial charge is 0.420 e. The molecule has 1 aliphatic carbocycles. The van der Waals surface area contributed by atoms with Crippen molar-refractivity contribution in [2.75, 3.05) is 7.11 Å². The van der Waals surface area contributed by atoms with E-state index in [0.29, 0.717) is 11.1 Å². The first-order valence-electron chi connectivity index (χ1n) is 6.94. The lowest BCUT2D eigenvalue weighted by Gasteiger charge is -2.22. The number of nitrogens with zero attached hydrogens (tertiary/aromatic N) is 1. The molecule has 0 spiro atoms. The number of aromatic nitrogens is 1. The van der Waals surface area contributed by atoms with Crippen molar-refractivity contribution in [2.24, 2.45) is 0 Å². The monoisotopic (exact) mass is 275 g/mol. The molecule has 1 fully saturated rings. The molecule has 1 heterocycles. The number of carbonyl (C=O) groups is 1. The van der Waals surface area contributed by atoms with E-state index in [1.165, 1.54) is 13.5 Å². The molecule has 0 aliphatic heterocycles. The van der Waals surface area contributed by atoms with Gasteiger partial charge in [-0.3, -0.25) is 4.57 Å². The molecule has 1 aromatic carbocycles. The predicted octanol–water partition coefficient (Wildman–Crippen LogP) is 2.89. The molecule has 0 amide bonds. The number of ether oxygens (including phenoxy) is 1. The SMILES string of the molecule is COC(=O)c1ccc2c(c1)oc(=O)n2C1CCCCC1. The van der Waals surface area contributed by atoms with Gasteiger partial charge in [0.25, 0.3) is 0 Å². The Morgan fingerprint density at radius 1 is 1.30 bits per heavy atom. The summed E-state index contributed by atoms with van der Waals surface area (Å²) < 4.78 is 11.7. The highest BCUT2D eigenvalue weighted by molar-refractivity contribution is 5.93. The minimum absolute atomic E-state index is 0.210. The first-order chi connectivity index (χ1) is 9.70. The number of oxazole rings is 1. The van der Waals surface area contributed by atoms with Crippen LogP contribution in [0.2, 0.25) is 0 Å². The third-order valence-electron chi connectivity index (χ3n) is 3.97. The molecule has 0 radical (unpaired) electrons. The lowest BCUT2D eigenvalue weighted by atomic mass is 9.95. The van der Waals surface area contributed by atoms with Crippen molar-refractivity contribution in [3.05, 3.63) is 34.3 Å². The minimum atomic E-state index is -0.431. The Bertz CT molecular complexity index is 691. The maximum atomic E-state index is 12.1. The van der Waals surface area contributed by atoms with E-state index >= 15 is 0 Å². The van der Waals surface area contributed by atoms with Crippen molar-refractivity contribution in [2.45, 2.75) is 38.1 Å². The molecule has 1 saturated carbocycles. The van der Waals surface area contributed by atoms with Gasteiger partial charge < -0.3 is 9.15 Å². The van der Waals surface area contributed by atoms with Crippen molar-refractivity contribution < 1.29 is 13.9 Å². The summed E-state index contributed by atoms with van der Waals surface area (Å²) in [4.78, 5) is 23.6. The average molecular weight is 275 g/mol. The van der Waals surface area contributed by atoms with Crippen LogP contribution in [0.5, 0.6) is 0 Å². The summed E-state index contributed by atoms with van der Waals surface area (Å²) in [5.41, 5.74) is 1.60. The number of carbonyl (C=O) groups excluding carboxylic acids is 1. The normalized spacial score (nSPS) is 16.4. The van der Waals surface area contributed by atoms with Crippen molar-refractivity contribution in [1.82, 2.24) is 4.57 Å². The lowest BCUT2D eigenvalue weighted by molar-refractivity contribution is 0.0601. The quantitative estimate of drug-likeness (QED) is 0.791. The van der Waals surface area contributed by atoms with Crippen LogP contribution in [-0.4, -0.2) is 17.6 Å². The predicted molar refractivity (Wildman–Crippen MR) is 73.9 cm³/mol. The summed E-state index contributed by atoms with van der Waals surface area (Å²) >= 11 is 0. The Hall–Kier alpha value is -2.04. The number of benzene rings is 1. The highest BCUT2D eigenvalue weighted by Crippen LogP contribution is 2.30. The number of rotatable bonds is 2. The maximum absolute atomic E-state index is 12.1. The summed E-state index contributed by atoms with van der Waals surface area (Å²) in [5, 5.41) is 0. The molecule has 0 bridgehead atoms. The Morgan fingerprint density at radius 3 is 2.75 bits per heavy atom. The van der Waals surface area contributed by atoms with Crippen LogP contribution >= 0.6 is 0 Å². The van der Waals surface area contributed by atoms with E-state index in [-0.39, 0.29) is 11.8 Å². The molecule has 5 heteroatoms. The lowest BCUT2D eigenvalue weighted by Crippen LogP contribution is -2.22. The van der Waals surface area contributed by atoms with Gasteiger partial charge in [-0.1, -0.05) is 19.3 Å². The molecule has 0 N–H and O–H groups in total. The fourth-order valence-electron chi connectivity index (χ4n) is 2.97. The number of esters is 1. The second kappa shape index (κ2) is 5.15. The van der Waals surface area contributed by atoms with E-state index in [0.717, 1.165) is 31.2 Å². The zero-order chi connectivity index (χ0) is 14.1. The van der Waals surface area contributed by atoms with Gasteiger partial charge in [0.1, 0.15) is 0 Å². The van der Waals surface area contributed by atoms with Gasteiger partial charge in [-0.05, 0) is 31.0 Å². The van der Waals surface area contributed by atoms with Crippen LogP contribution in [0.15, 0.2) is 27.4 Å². The maximum Gasteiger partial charge on any atom is 0.420 e. The molecule has 2 aromatic rings. The second-order valence-electron chi connectivity index (χ2n) is 5.20. The van der Waals surface area contributed by atoms with Crippen LogP contribution in [0.4, 0.5) is 0 Å². The van der Waals surface area contributed by atoms with E-state index < -0.39 is 5.97 Å². The Kier molecular flexibility index (Phi) is 3.34. The highest BCUT2D eigenvalue weighted by Gasteiger charge is 2.21. The Balaban J connectivity index is 2.07. The molecule has 1 aliphatic rings. The fourth-order valence-corrected chi connectivity index (χ4v) is 2.97. The zero-order valence-corrected chi connectivity index (χ0v) is 11.4. The van der Waals surface area contributed by atoms with Gasteiger partial charge in [0.15, 0.2) is 5.58 Å². The number of hydrogen-bond donors (Lipinski definition) is 0. The molecule has 3 rings (SSSR count). The molecule has 0 unspecified atom stereocenters. The van der Waals surface area contributed by atoms with Crippen LogP contribution in [-0.2, 0) is 4.74 Å². The van der Waals surface area contributed by atoms with Crippen LogP contribution in [0.25, 0.3) is 11.1 Å². The van der Waals surface area contributed by atoms with Gasteiger partial charge in [0.05, 0.1) is 18.2 Å². The van der Waals surface area contributed by atoms with E-state index in [1.807, 2.05) is 0 Å². The highest BCUT2D eigenvalue weighted by atomic mass is 16.5. The van der Waals surface area contributed by atoms with Gasteiger partial charge in [-0.15, -0.1) is 0 Å². The summed E-state index contributed by atoms with van der Waals surface area (Å²) in [6.45, 7) is 0. The van der Waals surface area contributed by atoms with Crippen molar-refractivity contribution in [1.29, 1.82) is 0 Å². The molecule has 106 valence electrons. The number of methoxy groups -OCH3 is 1. The first-order valence-corrected chi connectivity index (χ1v) is 6.94. The third kappa shape index (κ3) is 2.13. The van der Waals surface area contributed by atoms with Gasteiger partial charge >= 0.3 is 11.7 Å². The van der Waals surface area contributed by atoms with Gasteiger partial charge in [0, 0.05) is 6.04 Å². The van der Waals surface area contributed by atoms with Crippen LogP contribution in [0, 0.1) is 0 Å². The van der Waals surface area contributed by atoms with E-state index in [9.17, 15) is 9.59 Å². The number of hydrogen-bond acceptors (Lipinski definition) is 4. The molecule has 5 nitrogen and oxygen atoms in total. The van der Waals surface area contributed by atoms with Crippen LogP contribution in [0.1, 0.15) is 48.5 Å². The molecular formula is C15H17NO4. The Morgan fingerprint density at radius 2 is 2.05 bits per heavy atom. The Labute approximate surface area is 116 Å².